The molecule has 0 N–H and O–H groups in total. The number of hydrogen-bond acceptors (Lipinski definition) is 4. The summed E-state index contributed by atoms with van der Waals surface area (Å²) in [4.78, 5) is 25.2. The van der Waals surface area contributed by atoms with E-state index in [1.54, 1.807) is 20.8 Å². The Hall–Kier alpha value is -2.46. The van der Waals surface area contributed by atoms with E-state index in [2.05, 4.69) is 0 Å². The van der Waals surface area contributed by atoms with Crippen LogP contribution in [0.1, 0.15) is 31.9 Å². The number of ether oxygens (including phenoxy) is 2. The van der Waals surface area contributed by atoms with Gasteiger partial charge >= 0.3 is 5.97 Å². The lowest BCUT2D eigenvalue weighted by atomic mass is 9.82. The molecule has 25 heavy (non-hydrogen) atoms. The molecule has 0 radical (unpaired) electrons. The Bertz CT molecular complexity index is 675. The fraction of sp³-hybridized carbons (Fsp3) is 0.333. The molecule has 0 heterocycles. The molecule has 2 aromatic carbocycles. The number of methoxy groups -OCH3 is 1. The van der Waals surface area contributed by atoms with Gasteiger partial charge in [0.2, 0.25) is 5.78 Å². The molecule has 0 atom stereocenters. The quantitative estimate of drug-likeness (QED) is 0.752. The molecule has 0 aromatic heterocycles. The summed E-state index contributed by atoms with van der Waals surface area (Å²) in [6.45, 7) is 4.89. The molecule has 0 aliphatic heterocycles. The van der Waals surface area contributed by atoms with Gasteiger partial charge in [0.25, 0.3) is 0 Å². The summed E-state index contributed by atoms with van der Waals surface area (Å²) >= 11 is 0. The molecule has 0 fully saturated rings. The highest BCUT2D eigenvalue weighted by molar-refractivity contribution is 5.94. The zero-order valence-electron chi connectivity index (χ0n) is 15.1. The molecule has 4 nitrogen and oxygen atoms in total. The zero-order valence-corrected chi connectivity index (χ0v) is 15.1. The topological polar surface area (TPSA) is 52.6 Å². The molecule has 0 spiro atoms. The van der Waals surface area contributed by atoms with E-state index in [-0.39, 0.29) is 12.4 Å². The highest BCUT2D eigenvalue weighted by Gasteiger charge is 2.42. The van der Waals surface area contributed by atoms with Gasteiger partial charge in [-0.2, -0.15) is 0 Å². The first-order chi connectivity index (χ1) is 11.8. The van der Waals surface area contributed by atoms with Crippen LogP contribution >= 0.6 is 0 Å². The van der Waals surface area contributed by atoms with Gasteiger partial charge in [-0.05, 0) is 31.9 Å². The summed E-state index contributed by atoms with van der Waals surface area (Å²) in [7, 11) is 1.49. The third kappa shape index (κ3) is 3.97. The highest BCUT2D eigenvalue weighted by Crippen LogP contribution is 2.34. The van der Waals surface area contributed by atoms with Crippen LogP contribution in [-0.2, 0) is 24.7 Å². The number of ketones is 1. The van der Waals surface area contributed by atoms with Gasteiger partial charge in [0, 0.05) is 7.11 Å². The van der Waals surface area contributed by atoms with Crippen molar-refractivity contribution in [1.29, 1.82) is 0 Å². The molecule has 0 bridgehead atoms. The molecule has 0 amide bonds. The molecule has 0 saturated carbocycles. The van der Waals surface area contributed by atoms with Crippen LogP contribution in [0.15, 0.2) is 60.7 Å². The van der Waals surface area contributed by atoms with Crippen molar-refractivity contribution in [2.45, 2.75) is 26.4 Å². The number of benzene rings is 2. The van der Waals surface area contributed by atoms with Gasteiger partial charge < -0.3 is 9.47 Å². The number of esters is 1. The average molecular weight is 340 g/mol. The monoisotopic (exact) mass is 340 g/mol. The average Bonchev–Trinajstić information content (AvgIpc) is 2.62. The smallest absolute Gasteiger partial charge is 0.311 e. The van der Waals surface area contributed by atoms with E-state index < -0.39 is 17.0 Å². The molecule has 0 aliphatic rings. The predicted octanol–water partition coefficient (Wildman–Crippen LogP) is 3.74. The zero-order chi connectivity index (χ0) is 18.5. The van der Waals surface area contributed by atoms with Crippen molar-refractivity contribution < 1.29 is 19.1 Å². The lowest BCUT2D eigenvalue weighted by Crippen LogP contribution is -2.42. The minimum Gasteiger partial charge on any atom is -0.457 e. The van der Waals surface area contributed by atoms with Gasteiger partial charge in [-0.1, -0.05) is 60.7 Å². The molecule has 0 saturated heterocycles. The number of Topliss-reactive ketones (excluding diaryl/α,β-unsaturated/α-hetero) is 1. The second-order valence-corrected chi connectivity index (χ2v) is 6.87. The summed E-state index contributed by atoms with van der Waals surface area (Å²) in [5.41, 5.74) is -0.600. The van der Waals surface area contributed by atoms with Crippen molar-refractivity contribution in [3.8, 4) is 0 Å². The van der Waals surface area contributed by atoms with Crippen LogP contribution in [0.5, 0.6) is 0 Å². The van der Waals surface area contributed by atoms with Crippen molar-refractivity contribution in [3.05, 3.63) is 71.8 Å². The summed E-state index contributed by atoms with van der Waals surface area (Å²) in [6.07, 6.45) is 0. The van der Waals surface area contributed by atoms with Crippen molar-refractivity contribution in [2.24, 2.45) is 5.41 Å². The second-order valence-electron chi connectivity index (χ2n) is 6.87. The molecule has 0 unspecified atom stereocenters. The maximum atomic E-state index is 13.1. The predicted molar refractivity (Wildman–Crippen MR) is 96.1 cm³/mol. The van der Waals surface area contributed by atoms with E-state index in [1.807, 2.05) is 60.7 Å². The molecular weight excluding hydrogens is 316 g/mol. The van der Waals surface area contributed by atoms with Gasteiger partial charge in [-0.15, -0.1) is 0 Å². The summed E-state index contributed by atoms with van der Waals surface area (Å²) < 4.78 is 11.0. The molecule has 4 heteroatoms. The van der Waals surface area contributed by atoms with Crippen LogP contribution < -0.4 is 0 Å². The van der Waals surface area contributed by atoms with Crippen molar-refractivity contribution in [2.75, 3.05) is 13.7 Å². The fourth-order valence-corrected chi connectivity index (χ4v) is 2.63. The number of carbonyl (C=O) groups excluding carboxylic acids is 2. The maximum absolute atomic E-state index is 13.1. The van der Waals surface area contributed by atoms with E-state index in [0.717, 1.165) is 0 Å². The highest BCUT2D eigenvalue weighted by atomic mass is 16.5. The first-order valence-corrected chi connectivity index (χ1v) is 8.19. The Kier molecular flexibility index (Phi) is 5.75. The largest absolute Gasteiger partial charge is 0.457 e. The Morgan fingerprint density at radius 1 is 0.840 bits per heavy atom. The van der Waals surface area contributed by atoms with Crippen LogP contribution in [0.2, 0.25) is 0 Å². The Balaban J connectivity index is 2.42. The Morgan fingerprint density at radius 2 is 1.28 bits per heavy atom. The van der Waals surface area contributed by atoms with Crippen LogP contribution in [0.25, 0.3) is 0 Å². The van der Waals surface area contributed by atoms with E-state index in [0.29, 0.717) is 11.1 Å². The van der Waals surface area contributed by atoms with Crippen LogP contribution in [0.4, 0.5) is 0 Å². The Morgan fingerprint density at radius 3 is 1.64 bits per heavy atom. The first-order valence-electron chi connectivity index (χ1n) is 8.19. The Labute approximate surface area is 148 Å². The van der Waals surface area contributed by atoms with Crippen molar-refractivity contribution in [1.82, 2.24) is 0 Å². The minimum absolute atomic E-state index is 0.329. The van der Waals surface area contributed by atoms with E-state index in [9.17, 15) is 9.59 Å². The molecule has 132 valence electrons. The van der Waals surface area contributed by atoms with Crippen LogP contribution in [0.3, 0.4) is 0 Å². The normalized spacial score (nSPS) is 11.8. The second kappa shape index (κ2) is 7.62. The van der Waals surface area contributed by atoms with Crippen LogP contribution in [0, 0.1) is 5.41 Å². The van der Waals surface area contributed by atoms with Gasteiger partial charge in [0.15, 0.2) is 12.2 Å². The van der Waals surface area contributed by atoms with Crippen molar-refractivity contribution in [3.63, 3.8) is 0 Å². The molecule has 0 aliphatic carbocycles. The number of hydrogen-bond donors (Lipinski definition) is 0. The van der Waals surface area contributed by atoms with Crippen molar-refractivity contribution >= 4 is 11.8 Å². The van der Waals surface area contributed by atoms with Gasteiger partial charge in [-0.3, -0.25) is 9.59 Å². The van der Waals surface area contributed by atoms with E-state index in [1.165, 1.54) is 7.11 Å². The van der Waals surface area contributed by atoms with Gasteiger partial charge in [-0.25, -0.2) is 0 Å². The summed E-state index contributed by atoms with van der Waals surface area (Å²) in [6, 6.07) is 18.5. The molecular formula is C21H24O4. The fourth-order valence-electron chi connectivity index (χ4n) is 2.63. The number of rotatable bonds is 6. The van der Waals surface area contributed by atoms with E-state index in [4.69, 9.17) is 9.47 Å². The maximum Gasteiger partial charge on any atom is 0.311 e. The van der Waals surface area contributed by atoms with Gasteiger partial charge in [0.1, 0.15) is 0 Å². The number of carbonyl (C=O) groups is 2. The standard InChI is InChI=1S/C21H24O4/c1-20(2,3)19(23)25-15-18(22)21(24-4,16-11-7-5-8-12-16)17-13-9-6-10-14-17/h5-14H,15H2,1-4H3. The third-order valence-corrected chi connectivity index (χ3v) is 4.01. The molecule has 2 aromatic rings. The summed E-state index contributed by atoms with van der Waals surface area (Å²) in [5.74, 6) is -0.753. The van der Waals surface area contributed by atoms with Crippen LogP contribution in [-0.4, -0.2) is 25.5 Å². The molecule has 2 rings (SSSR count). The lowest BCUT2D eigenvalue weighted by Gasteiger charge is -2.32. The summed E-state index contributed by atoms with van der Waals surface area (Å²) in [5, 5.41) is 0. The first kappa shape index (κ1) is 18.9. The minimum atomic E-state index is -1.32. The SMILES string of the molecule is COC(C(=O)COC(=O)C(C)(C)C)(c1ccccc1)c1ccccc1. The lowest BCUT2D eigenvalue weighted by molar-refractivity contribution is -0.160. The third-order valence-electron chi connectivity index (χ3n) is 4.01. The van der Waals surface area contributed by atoms with E-state index >= 15 is 0 Å². The van der Waals surface area contributed by atoms with Gasteiger partial charge in [0.05, 0.1) is 5.41 Å².